The average Bonchev–Trinajstić information content (AvgIpc) is 2.05. The molecule has 0 fully saturated rings. The lowest BCUT2D eigenvalue weighted by molar-refractivity contribution is -0.109. The van der Waals surface area contributed by atoms with Crippen molar-refractivity contribution >= 4 is 12.5 Å². The molecule has 0 aliphatic rings. The third kappa shape index (κ3) is 6.85. The van der Waals surface area contributed by atoms with E-state index in [-0.39, 0.29) is 0 Å². The molecule has 0 saturated carbocycles. The molecule has 0 radical (unpaired) electrons. The van der Waals surface area contributed by atoms with Gasteiger partial charge in [-0.15, -0.1) is 0 Å². The van der Waals surface area contributed by atoms with E-state index in [1.54, 1.807) is 6.92 Å². The second-order valence-corrected chi connectivity index (χ2v) is 2.07. The van der Waals surface area contributed by atoms with Crippen LogP contribution < -0.4 is 10.6 Å². The molecule has 0 heterocycles. The van der Waals surface area contributed by atoms with Gasteiger partial charge < -0.3 is 15.4 Å². The van der Waals surface area contributed by atoms with E-state index in [1.807, 2.05) is 0 Å². The number of carbonyl (C=O) groups is 2. The van der Waals surface area contributed by atoms with E-state index >= 15 is 0 Å². The zero-order valence-electron chi connectivity index (χ0n) is 7.13. The number of hydrogen-bond acceptors (Lipinski definition) is 3. The molecule has 5 nitrogen and oxygen atoms in total. The van der Waals surface area contributed by atoms with Gasteiger partial charge in [-0.05, 0) is 13.3 Å². The van der Waals surface area contributed by atoms with Crippen LogP contribution in [0.1, 0.15) is 13.3 Å². The van der Waals surface area contributed by atoms with Crippen molar-refractivity contribution in [3.05, 3.63) is 0 Å². The van der Waals surface area contributed by atoms with Crippen molar-refractivity contribution in [2.24, 2.45) is 0 Å². The monoisotopic (exact) mass is 174 g/mol. The highest BCUT2D eigenvalue weighted by atomic mass is 16.5. The maximum atomic E-state index is 10.7. The van der Waals surface area contributed by atoms with E-state index in [0.717, 1.165) is 0 Å². The molecule has 0 aliphatic carbocycles. The van der Waals surface area contributed by atoms with E-state index in [4.69, 9.17) is 0 Å². The van der Waals surface area contributed by atoms with Crippen molar-refractivity contribution in [2.45, 2.75) is 13.3 Å². The molecule has 0 saturated heterocycles. The molecule has 0 aliphatic heterocycles. The second kappa shape index (κ2) is 7.84. The minimum absolute atomic E-state index is 0.373. The number of nitrogens with one attached hydrogen (secondary N) is 2. The van der Waals surface area contributed by atoms with Gasteiger partial charge in [0.25, 0.3) is 0 Å². The first kappa shape index (κ1) is 10.7. The van der Waals surface area contributed by atoms with Gasteiger partial charge in [0.05, 0.1) is 6.61 Å². The van der Waals surface area contributed by atoms with E-state index in [2.05, 4.69) is 15.4 Å². The Morgan fingerprint density at radius 2 is 2.25 bits per heavy atom. The number of hydrogen-bond donors (Lipinski definition) is 2. The Balaban J connectivity index is 3.08. The normalized spacial score (nSPS) is 8.75. The fourth-order valence-corrected chi connectivity index (χ4v) is 0.622. The molecule has 0 aromatic rings. The van der Waals surface area contributed by atoms with E-state index in [9.17, 15) is 9.59 Å². The summed E-state index contributed by atoms with van der Waals surface area (Å²) in [5.41, 5.74) is 0. The summed E-state index contributed by atoms with van der Waals surface area (Å²) in [5.74, 6) is 0. The molecule has 0 atom stereocenters. The summed E-state index contributed by atoms with van der Waals surface area (Å²) in [6, 6.07) is 0. The Kier molecular flexibility index (Phi) is 7.02. The molecule has 2 amide bonds. The van der Waals surface area contributed by atoms with Gasteiger partial charge in [0, 0.05) is 13.1 Å². The van der Waals surface area contributed by atoms with Crippen LogP contribution in [0.4, 0.5) is 4.79 Å². The Labute approximate surface area is 71.5 Å². The van der Waals surface area contributed by atoms with Crippen molar-refractivity contribution in [3.8, 4) is 0 Å². The fourth-order valence-electron chi connectivity index (χ4n) is 0.622. The molecule has 0 unspecified atom stereocenters. The first-order valence-electron chi connectivity index (χ1n) is 3.89. The Morgan fingerprint density at radius 1 is 1.50 bits per heavy atom. The summed E-state index contributed by atoms with van der Waals surface area (Å²) in [7, 11) is 0. The van der Waals surface area contributed by atoms with Gasteiger partial charge in [-0.25, -0.2) is 4.79 Å². The first-order chi connectivity index (χ1) is 5.81. The summed E-state index contributed by atoms with van der Waals surface area (Å²) in [6.45, 7) is 3.20. The van der Waals surface area contributed by atoms with Gasteiger partial charge in [-0.2, -0.15) is 0 Å². The molecule has 0 bridgehead atoms. The SMILES string of the molecule is CCOC(=O)NCCCNC=O. The van der Waals surface area contributed by atoms with E-state index < -0.39 is 6.09 Å². The van der Waals surface area contributed by atoms with Gasteiger partial charge in [0.1, 0.15) is 0 Å². The summed E-state index contributed by atoms with van der Waals surface area (Å²) in [5, 5.41) is 5.01. The standard InChI is InChI=1S/C7H14N2O3/c1-2-12-7(11)9-5-3-4-8-6-10/h6H,2-5H2,1H3,(H,8,10)(H,9,11). The third-order valence-electron chi connectivity index (χ3n) is 1.13. The van der Waals surface area contributed by atoms with Crippen molar-refractivity contribution < 1.29 is 14.3 Å². The highest BCUT2D eigenvalue weighted by Crippen LogP contribution is 1.77. The lowest BCUT2D eigenvalue weighted by atomic mass is 10.4. The Bertz CT molecular complexity index is 139. The fraction of sp³-hybridized carbons (Fsp3) is 0.714. The predicted octanol–water partition coefficient (Wildman–Crippen LogP) is -0.131. The number of carbonyl (C=O) groups excluding carboxylic acids is 2. The maximum absolute atomic E-state index is 10.7. The number of amides is 2. The predicted molar refractivity (Wildman–Crippen MR) is 43.7 cm³/mol. The largest absolute Gasteiger partial charge is 0.450 e. The number of alkyl carbamates (subject to hydrolysis) is 1. The van der Waals surface area contributed by atoms with Gasteiger partial charge in [-0.3, -0.25) is 4.79 Å². The van der Waals surface area contributed by atoms with Gasteiger partial charge in [-0.1, -0.05) is 0 Å². The Hall–Kier alpha value is -1.26. The minimum Gasteiger partial charge on any atom is -0.450 e. The molecular weight excluding hydrogens is 160 g/mol. The van der Waals surface area contributed by atoms with Crippen molar-refractivity contribution in [1.29, 1.82) is 0 Å². The number of rotatable bonds is 6. The maximum Gasteiger partial charge on any atom is 0.407 e. The summed E-state index contributed by atoms with van der Waals surface area (Å²) < 4.78 is 4.61. The van der Waals surface area contributed by atoms with Gasteiger partial charge in [0.2, 0.25) is 6.41 Å². The van der Waals surface area contributed by atoms with Crippen LogP contribution in [0.15, 0.2) is 0 Å². The van der Waals surface area contributed by atoms with Gasteiger partial charge in [0.15, 0.2) is 0 Å². The molecule has 0 rings (SSSR count). The van der Waals surface area contributed by atoms with Crippen LogP contribution >= 0.6 is 0 Å². The van der Waals surface area contributed by atoms with E-state index in [1.165, 1.54) is 0 Å². The quantitative estimate of drug-likeness (QED) is 0.435. The lowest BCUT2D eigenvalue weighted by Gasteiger charge is -2.03. The van der Waals surface area contributed by atoms with Crippen molar-refractivity contribution in [3.63, 3.8) is 0 Å². The molecule has 0 aromatic heterocycles. The van der Waals surface area contributed by atoms with Crippen LogP contribution in [0, 0.1) is 0 Å². The second-order valence-electron chi connectivity index (χ2n) is 2.07. The highest BCUT2D eigenvalue weighted by Gasteiger charge is 1.96. The van der Waals surface area contributed by atoms with Crippen LogP contribution in [0.25, 0.3) is 0 Å². The van der Waals surface area contributed by atoms with Crippen molar-refractivity contribution in [2.75, 3.05) is 19.7 Å². The zero-order valence-corrected chi connectivity index (χ0v) is 7.13. The van der Waals surface area contributed by atoms with Gasteiger partial charge >= 0.3 is 6.09 Å². The summed E-state index contributed by atoms with van der Waals surface area (Å²) in [6.07, 6.45) is 0.922. The summed E-state index contributed by atoms with van der Waals surface area (Å²) >= 11 is 0. The van der Waals surface area contributed by atoms with Crippen LogP contribution in [0.3, 0.4) is 0 Å². The van der Waals surface area contributed by atoms with Crippen molar-refractivity contribution in [1.82, 2.24) is 10.6 Å². The number of ether oxygens (including phenoxy) is 1. The van der Waals surface area contributed by atoms with E-state index in [0.29, 0.717) is 32.5 Å². The minimum atomic E-state index is -0.413. The lowest BCUT2D eigenvalue weighted by Crippen LogP contribution is -2.27. The van der Waals surface area contributed by atoms with Crippen LogP contribution in [-0.4, -0.2) is 32.2 Å². The smallest absolute Gasteiger partial charge is 0.407 e. The molecule has 0 aromatic carbocycles. The zero-order chi connectivity index (χ0) is 9.23. The molecule has 0 spiro atoms. The topological polar surface area (TPSA) is 67.4 Å². The molecular formula is C7H14N2O3. The van der Waals surface area contributed by atoms with Crippen LogP contribution in [0.2, 0.25) is 0 Å². The summed E-state index contributed by atoms with van der Waals surface area (Å²) in [4.78, 5) is 20.4. The molecule has 12 heavy (non-hydrogen) atoms. The Morgan fingerprint density at radius 3 is 2.83 bits per heavy atom. The van der Waals surface area contributed by atoms with Crippen LogP contribution in [0.5, 0.6) is 0 Å². The van der Waals surface area contributed by atoms with Crippen LogP contribution in [-0.2, 0) is 9.53 Å². The molecule has 2 N–H and O–H groups in total. The average molecular weight is 174 g/mol. The third-order valence-corrected chi connectivity index (χ3v) is 1.13. The first-order valence-corrected chi connectivity index (χ1v) is 3.89. The molecule has 5 heteroatoms. The molecule has 70 valence electrons. The highest BCUT2D eigenvalue weighted by molar-refractivity contribution is 5.66.